The number of aromatic hydroxyl groups is 1. The summed E-state index contributed by atoms with van der Waals surface area (Å²) in [6.45, 7) is 0. The van der Waals surface area contributed by atoms with Crippen molar-refractivity contribution in [3.8, 4) is 5.75 Å². The highest BCUT2D eigenvalue weighted by Gasteiger charge is 2.57. The number of nitro benzene ring substituents is 1. The lowest BCUT2D eigenvalue weighted by Gasteiger charge is -2.42. The summed E-state index contributed by atoms with van der Waals surface area (Å²) in [4.78, 5) is 65.4. The third kappa shape index (κ3) is 3.81. The number of anilines is 1. The number of allylic oxidation sites excluding steroid dienone is 6. The summed E-state index contributed by atoms with van der Waals surface area (Å²) in [6, 6.07) is 9.64. The second-order valence-corrected chi connectivity index (χ2v) is 11.2. The predicted octanol–water partition coefficient (Wildman–Crippen LogP) is 4.92. The van der Waals surface area contributed by atoms with Crippen LogP contribution in [-0.2, 0) is 19.2 Å². The number of rotatable bonds is 3. The van der Waals surface area contributed by atoms with Crippen LogP contribution in [0.2, 0.25) is 5.02 Å². The van der Waals surface area contributed by atoms with Gasteiger partial charge in [-0.05, 0) is 65.0 Å². The number of fused-ring (bicyclic) bond motifs is 3. The van der Waals surface area contributed by atoms with Crippen molar-refractivity contribution in [3.63, 3.8) is 0 Å². The van der Waals surface area contributed by atoms with Crippen molar-refractivity contribution in [2.45, 2.75) is 18.8 Å². The molecule has 2 aromatic rings. The Morgan fingerprint density at radius 1 is 1.03 bits per heavy atom. The smallest absolute Gasteiger partial charge is 0.269 e. The number of imide groups is 1. The van der Waals surface area contributed by atoms with E-state index in [2.05, 4.69) is 15.9 Å². The Morgan fingerprint density at radius 2 is 1.74 bits per heavy atom. The fourth-order valence-corrected chi connectivity index (χ4v) is 6.92. The number of Topliss-reactive ketones (excluding diaryl/α,β-unsaturated/α-hetero) is 1. The normalized spacial score (nSPS) is 26.2. The first kappa shape index (κ1) is 25.4. The van der Waals surface area contributed by atoms with Gasteiger partial charge in [0.1, 0.15) is 5.75 Å². The van der Waals surface area contributed by atoms with E-state index in [1.54, 1.807) is 0 Å². The molecule has 196 valence electrons. The molecule has 0 bridgehead atoms. The number of hydrogen-bond donors (Lipinski definition) is 1. The van der Waals surface area contributed by atoms with Crippen molar-refractivity contribution in [1.82, 2.24) is 0 Å². The molecule has 0 saturated carbocycles. The summed E-state index contributed by atoms with van der Waals surface area (Å²) in [7, 11) is 0. The maximum Gasteiger partial charge on any atom is 0.269 e. The van der Waals surface area contributed by atoms with Gasteiger partial charge in [0.2, 0.25) is 11.8 Å². The first-order valence-electron chi connectivity index (χ1n) is 12.1. The quantitative estimate of drug-likeness (QED) is 0.172. The summed E-state index contributed by atoms with van der Waals surface area (Å²) in [5.74, 6) is -4.74. The molecule has 4 aliphatic rings. The minimum Gasteiger partial charge on any atom is -0.508 e. The second-order valence-electron chi connectivity index (χ2n) is 9.88. The Hall–Kier alpha value is -3.89. The van der Waals surface area contributed by atoms with Gasteiger partial charge in [-0.25, -0.2) is 0 Å². The Labute approximate surface area is 234 Å². The average Bonchev–Trinajstić information content (AvgIpc) is 3.17. The largest absolute Gasteiger partial charge is 0.508 e. The molecule has 1 heterocycles. The minimum atomic E-state index is -0.831. The molecule has 1 saturated heterocycles. The van der Waals surface area contributed by atoms with Gasteiger partial charge in [0.25, 0.3) is 5.69 Å². The lowest BCUT2D eigenvalue weighted by molar-refractivity contribution is -0.384. The van der Waals surface area contributed by atoms with Crippen LogP contribution < -0.4 is 4.90 Å². The van der Waals surface area contributed by atoms with Crippen molar-refractivity contribution in [3.05, 3.63) is 96.5 Å². The molecule has 4 atom stereocenters. The van der Waals surface area contributed by atoms with Gasteiger partial charge in [0.15, 0.2) is 11.6 Å². The van der Waals surface area contributed by atoms with Gasteiger partial charge in [-0.2, -0.15) is 0 Å². The average molecular weight is 610 g/mol. The number of nitrogens with zero attached hydrogens (tertiary/aromatic N) is 2. The van der Waals surface area contributed by atoms with Gasteiger partial charge in [0, 0.05) is 45.9 Å². The van der Waals surface area contributed by atoms with Gasteiger partial charge in [0.05, 0.1) is 26.9 Å². The third-order valence-electron chi connectivity index (χ3n) is 7.95. The van der Waals surface area contributed by atoms with Crippen LogP contribution in [0, 0.1) is 27.9 Å². The minimum absolute atomic E-state index is 0.0702. The molecule has 1 aliphatic heterocycles. The standard InChI is InChI=1S/C28H18BrClN2O7/c29-20-11-22(34)25-19(26(20)35)10-17-15(23(25)18-9-12(30)1-8-21(18)33)6-7-16-24(17)28(37)31(27(16)36)13-2-4-14(5-3-13)32(38)39/h1-6,8-9,11,16-17,23-24,33H,7,10H2. The summed E-state index contributed by atoms with van der Waals surface area (Å²) < 4.78 is 0.0986. The zero-order valence-electron chi connectivity index (χ0n) is 20.0. The van der Waals surface area contributed by atoms with Crippen LogP contribution in [0.25, 0.3) is 0 Å². The molecule has 0 aromatic heterocycles. The Bertz CT molecular complexity index is 1620. The van der Waals surface area contributed by atoms with Gasteiger partial charge in [-0.3, -0.25) is 34.2 Å². The maximum absolute atomic E-state index is 13.8. The van der Waals surface area contributed by atoms with E-state index in [1.807, 2.05) is 6.08 Å². The molecular formula is C28H18BrClN2O7. The topological polar surface area (TPSA) is 135 Å². The van der Waals surface area contributed by atoms with Crippen LogP contribution in [0.4, 0.5) is 11.4 Å². The number of phenols is 1. The molecule has 6 rings (SSSR count). The lowest BCUT2D eigenvalue weighted by atomic mass is 9.59. The number of nitro groups is 1. The van der Waals surface area contributed by atoms with E-state index in [0.29, 0.717) is 16.2 Å². The SMILES string of the molecule is O=C1C=C(Br)C(=O)C2=C1C(c1cc(Cl)ccc1O)C1=CCC3C(=O)N(c4ccc([N+](=O)[O-])cc4)C(=O)C3C1C2. The van der Waals surface area contributed by atoms with Crippen LogP contribution in [0.3, 0.4) is 0 Å². The van der Waals surface area contributed by atoms with Gasteiger partial charge in [-0.1, -0.05) is 23.3 Å². The van der Waals surface area contributed by atoms with Crippen LogP contribution in [0.5, 0.6) is 5.75 Å². The van der Waals surface area contributed by atoms with E-state index in [1.165, 1.54) is 48.5 Å². The van der Waals surface area contributed by atoms with Crippen LogP contribution in [-0.4, -0.2) is 33.4 Å². The first-order chi connectivity index (χ1) is 18.6. The second kappa shape index (κ2) is 9.10. The molecule has 9 nitrogen and oxygen atoms in total. The van der Waals surface area contributed by atoms with Crippen LogP contribution in [0.1, 0.15) is 24.3 Å². The molecule has 2 aromatic carbocycles. The number of non-ortho nitro benzene ring substituents is 1. The maximum atomic E-state index is 13.8. The van der Waals surface area contributed by atoms with Crippen molar-refractivity contribution < 1.29 is 29.2 Å². The fourth-order valence-electron chi connectivity index (χ4n) is 6.30. The van der Waals surface area contributed by atoms with Gasteiger partial charge >= 0.3 is 0 Å². The highest BCUT2D eigenvalue weighted by Crippen LogP contribution is 2.56. The first-order valence-corrected chi connectivity index (χ1v) is 13.3. The third-order valence-corrected chi connectivity index (χ3v) is 8.77. The Balaban J connectivity index is 1.47. The number of ketones is 2. The molecule has 0 spiro atoms. The highest BCUT2D eigenvalue weighted by molar-refractivity contribution is 9.12. The monoisotopic (exact) mass is 608 g/mol. The molecule has 39 heavy (non-hydrogen) atoms. The zero-order valence-corrected chi connectivity index (χ0v) is 22.3. The Kier molecular flexibility index (Phi) is 5.92. The van der Waals surface area contributed by atoms with Crippen LogP contribution in [0.15, 0.2) is 75.8 Å². The number of amides is 2. The zero-order chi connectivity index (χ0) is 27.7. The summed E-state index contributed by atoms with van der Waals surface area (Å²) in [6.07, 6.45) is 3.33. The number of carbonyl (C=O) groups excluding carboxylic acids is 4. The number of phenolic OH excluding ortho intramolecular Hbond substituents is 1. The van der Waals surface area contributed by atoms with Crippen molar-refractivity contribution in [2.24, 2.45) is 17.8 Å². The van der Waals surface area contributed by atoms with E-state index < -0.39 is 40.4 Å². The molecule has 1 fully saturated rings. The van der Waals surface area contributed by atoms with Crippen molar-refractivity contribution >= 4 is 62.3 Å². The van der Waals surface area contributed by atoms with E-state index in [9.17, 15) is 34.4 Å². The number of carbonyl (C=O) groups is 4. The van der Waals surface area contributed by atoms with E-state index >= 15 is 0 Å². The molecule has 1 N–H and O–H groups in total. The molecule has 3 aliphatic carbocycles. The molecule has 11 heteroatoms. The Morgan fingerprint density at radius 3 is 2.44 bits per heavy atom. The number of benzene rings is 2. The van der Waals surface area contributed by atoms with E-state index in [0.717, 1.165) is 4.90 Å². The summed E-state index contributed by atoms with van der Waals surface area (Å²) in [5, 5.41) is 22.2. The molecule has 2 amide bonds. The van der Waals surface area contributed by atoms with Gasteiger partial charge < -0.3 is 5.11 Å². The molecule has 4 unspecified atom stereocenters. The fraction of sp³-hybridized carbons (Fsp3) is 0.214. The lowest BCUT2D eigenvalue weighted by Crippen LogP contribution is -2.39. The predicted molar refractivity (Wildman–Crippen MR) is 143 cm³/mol. The summed E-state index contributed by atoms with van der Waals surface area (Å²) >= 11 is 9.43. The number of hydrogen-bond acceptors (Lipinski definition) is 7. The van der Waals surface area contributed by atoms with E-state index in [4.69, 9.17) is 11.6 Å². The molecule has 0 radical (unpaired) electrons. The van der Waals surface area contributed by atoms with Crippen LogP contribution >= 0.6 is 27.5 Å². The van der Waals surface area contributed by atoms with E-state index in [-0.39, 0.29) is 57.2 Å². The van der Waals surface area contributed by atoms with Gasteiger partial charge in [-0.15, -0.1) is 0 Å². The van der Waals surface area contributed by atoms with Crippen molar-refractivity contribution in [2.75, 3.05) is 4.90 Å². The molecular weight excluding hydrogens is 592 g/mol. The summed E-state index contributed by atoms with van der Waals surface area (Å²) in [5.41, 5.74) is 1.52. The number of halogens is 2. The van der Waals surface area contributed by atoms with Crippen molar-refractivity contribution in [1.29, 1.82) is 0 Å². The highest BCUT2D eigenvalue weighted by atomic mass is 79.9.